The second-order valence-electron chi connectivity index (χ2n) is 6.26. The molecule has 1 aliphatic rings. The first-order valence-electron chi connectivity index (χ1n) is 8.55. The maximum atomic E-state index is 12.9. The summed E-state index contributed by atoms with van der Waals surface area (Å²) in [5.41, 5.74) is 0.358. The summed E-state index contributed by atoms with van der Waals surface area (Å²) in [6, 6.07) is 4.05. The third-order valence-corrected chi connectivity index (χ3v) is 3.99. The summed E-state index contributed by atoms with van der Waals surface area (Å²) < 4.78 is 10.7. The van der Waals surface area contributed by atoms with Crippen LogP contribution in [0.3, 0.4) is 0 Å². The van der Waals surface area contributed by atoms with Crippen molar-refractivity contribution in [1.29, 1.82) is 0 Å². The third kappa shape index (κ3) is 4.44. The number of carbonyl (C=O) groups excluding carboxylic acids is 2. The standard InChI is InChI=1S/C18H24N2O6/c1-4-25-14-9-12(5-6-13(14)26-10-15(21)22)18(24)20-8-7-19-17(23)16(20)11(2)3/h5-6,9,11,16H,4,7-8,10H2,1-3H3,(H,19,23)(H,21,22)/t16-/m1/s1. The molecule has 0 radical (unpaired) electrons. The molecule has 1 aromatic carbocycles. The minimum atomic E-state index is -1.10. The number of nitrogens with one attached hydrogen (secondary N) is 1. The van der Waals surface area contributed by atoms with E-state index in [1.54, 1.807) is 17.9 Å². The summed E-state index contributed by atoms with van der Waals surface area (Å²) in [6.07, 6.45) is 0. The van der Waals surface area contributed by atoms with Gasteiger partial charge in [0, 0.05) is 18.7 Å². The van der Waals surface area contributed by atoms with Crippen molar-refractivity contribution in [3.8, 4) is 11.5 Å². The van der Waals surface area contributed by atoms with Crippen LogP contribution in [0.1, 0.15) is 31.1 Å². The van der Waals surface area contributed by atoms with Gasteiger partial charge in [-0.05, 0) is 31.0 Å². The zero-order valence-corrected chi connectivity index (χ0v) is 15.2. The average Bonchev–Trinajstić information content (AvgIpc) is 2.59. The van der Waals surface area contributed by atoms with E-state index in [2.05, 4.69) is 5.32 Å². The van der Waals surface area contributed by atoms with E-state index in [0.717, 1.165) is 0 Å². The summed E-state index contributed by atoms with van der Waals surface area (Å²) in [7, 11) is 0. The highest BCUT2D eigenvalue weighted by atomic mass is 16.5. The quantitative estimate of drug-likeness (QED) is 0.752. The lowest BCUT2D eigenvalue weighted by atomic mass is 9.98. The first-order valence-corrected chi connectivity index (χ1v) is 8.55. The number of carboxylic acid groups (broad SMARTS) is 1. The molecule has 0 saturated carbocycles. The van der Waals surface area contributed by atoms with Gasteiger partial charge in [-0.1, -0.05) is 13.8 Å². The highest BCUT2D eigenvalue weighted by molar-refractivity contribution is 5.98. The van der Waals surface area contributed by atoms with Crippen LogP contribution in [0.4, 0.5) is 0 Å². The van der Waals surface area contributed by atoms with Gasteiger partial charge in [-0.2, -0.15) is 0 Å². The number of aliphatic carboxylic acids is 1. The molecule has 0 bridgehead atoms. The number of hydrogen-bond donors (Lipinski definition) is 2. The minimum absolute atomic E-state index is 0.0243. The van der Waals surface area contributed by atoms with Gasteiger partial charge in [0.15, 0.2) is 18.1 Å². The van der Waals surface area contributed by atoms with Crippen LogP contribution in [0.5, 0.6) is 11.5 Å². The molecular weight excluding hydrogens is 340 g/mol. The largest absolute Gasteiger partial charge is 0.490 e. The highest BCUT2D eigenvalue weighted by Gasteiger charge is 2.35. The molecule has 1 fully saturated rings. The van der Waals surface area contributed by atoms with Crippen molar-refractivity contribution in [3.05, 3.63) is 23.8 Å². The van der Waals surface area contributed by atoms with Gasteiger partial charge in [-0.15, -0.1) is 0 Å². The van der Waals surface area contributed by atoms with Crippen molar-refractivity contribution < 1.29 is 29.0 Å². The van der Waals surface area contributed by atoms with Crippen molar-refractivity contribution in [2.24, 2.45) is 5.92 Å². The van der Waals surface area contributed by atoms with E-state index >= 15 is 0 Å². The zero-order valence-electron chi connectivity index (χ0n) is 15.2. The molecule has 0 spiro atoms. The Morgan fingerprint density at radius 3 is 2.65 bits per heavy atom. The van der Waals surface area contributed by atoms with Crippen LogP contribution in [-0.4, -0.2) is 60.1 Å². The molecule has 1 aromatic rings. The Bertz CT molecular complexity index is 688. The fourth-order valence-electron chi connectivity index (χ4n) is 2.91. The number of carboxylic acids is 1. The molecule has 8 nitrogen and oxygen atoms in total. The maximum Gasteiger partial charge on any atom is 0.341 e. The lowest BCUT2D eigenvalue weighted by Crippen LogP contribution is -2.59. The molecule has 142 valence electrons. The molecule has 1 heterocycles. The SMILES string of the molecule is CCOc1cc(C(=O)N2CCNC(=O)[C@H]2C(C)C)ccc1OCC(=O)O. The summed E-state index contributed by atoms with van der Waals surface area (Å²) >= 11 is 0. The molecule has 1 saturated heterocycles. The number of benzene rings is 1. The fourth-order valence-corrected chi connectivity index (χ4v) is 2.91. The van der Waals surface area contributed by atoms with Gasteiger partial charge in [-0.3, -0.25) is 9.59 Å². The Labute approximate surface area is 152 Å². The topological polar surface area (TPSA) is 105 Å². The Hall–Kier alpha value is -2.77. The van der Waals surface area contributed by atoms with Crippen molar-refractivity contribution >= 4 is 17.8 Å². The summed E-state index contributed by atoms with van der Waals surface area (Å²) in [6.45, 7) is 6.23. The van der Waals surface area contributed by atoms with Gasteiger partial charge in [0.25, 0.3) is 5.91 Å². The Balaban J connectivity index is 2.28. The van der Waals surface area contributed by atoms with E-state index in [1.807, 2.05) is 13.8 Å². The molecular formula is C18H24N2O6. The van der Waals surface area contributed by atoms with Crippen LogP contribution in [0, 0.1) is 5.92 Å². The van der Waals surface area contributed by atoms with Crippen LogP contribution >= 0.6 is 0 Å². The van der Waals surface area contributed by atoms with Crippen LogP contribution in [-0.2, 0) is 9.59 Å². The maximum absolute atomic E-state index is 12.9. The van der Waals surface area contributed by atoms with Crippen LogP contribution < -0.4 is 14.8 Å². The lowest BCUT2D eigenvalue weighted by Gasteiger charge is -2.37. The van der Waals surface area contributed by atoms with Gasteiger partial charge >= 0.3 is 5.97 Å². The second kappa shape index (κ2) is 8.55. The van der Waals surface area contributed by atoms with E-state index in [-0.39, 0.29) is 23.5 Å². The number of ether oxygens (including phenoxy) is 2. The molecule has 2 N–H and O–H groups in total. The molecule has 2 rings (SSSR count). The second-order valence-corrected chi connectivity index (χ2v) is 6.26. The minimum Gasteiger partial charge on any atom is -0.490 e. The first kappa shape index (κ1) is 19.6. The van der Waals surface area contributed by atoms with Gasteiger partial charge < -0.3 is 24.8 Å². The number of rotatable bonds is 7. The predicted molar refractivity (Wildman–Crippen MR) is 93.4 cm³/mol. The van der Waals surface area contributed by atoms with Gasteiger partial charge in [0.05, 0.1) is 6.61 Å². The lowest BCUT2D eigenvalue weighted by molar-refractivity contribution is -0.139. The van der Waals surface area contributed by atoms with Crippen LogP contribution in [0.2, 0.25) is 0 Å². The van der Waals surface area contributed by atoms with E-state index in [0.29, 0.717) is 31.0 Å². The van der Waals surface area contributed by atoms with Gasteiger partial charge in [0.1, 0.15) is 6.04 Å². The monoisotopic (exact) mass is 364 g/mol. The van der Waals surface area contributed by atoms with Crippen LogP contribution in [0.25, 0.3) is 0 Å². The van der Waals surface area contributed by atoms with E-state index in [9.17, 15) is 14.4 Å². The summed E-state index contributed by atoms with van der Waals surface area (Å²) in [5, 5.41) is 11.5. The molecule has 1 aliphatic heterocycles. The van der Waals surface area contributed by atoms with E-state index in [4.69, 9.17) is 14.6 Å². The van der Waals surface area contributed by atoms with Crippen molar-refractivity contribution in [2.45, 2.75) is 26.8 Å². The smallest absolute Gasteiger partial charge is 0.341 e. The number of nitrogens with zero attached hydrogens (tertiary/aromatic N) is 1. The van der Waals surface area contributed by atoms with E-state index in [1.165, 1.54) is 12.1 Å². The Kier molecular flexibility index (Phi) is 6.43. The molecule has 0 aliphatic carbocycles. The summed E-state index contributed by atoms with van der Waals surface area (Å²) in [5.74, 6) is -1.02. The van der Waals surface area contributed by atoms with Gasteiger partial charge in [-0.25, -0.2) is 4.79 Å². The predicted octanol–water partition coefficient (Wildman–Crippen LogP) is 1.15. The Morgan fingerprint density at radius 1 is 1.31 bits per heavy atom. The fraction of sp³-hybridized carbons (Fsp3) is 0.500. The van der Waals surface area contributed by atoms with Crippen LogP contribution in [0.15, 0.2) is 18.2 Å². The molecule has 8 heteroatoms. The van der Waals surface area contributed by atoms with Crippen molar-refractivity contribution in [2.75, 3.05) is 26.3 Å². The number of piperazine rings is 1. The average molecular weight is 364 g/mol. The normalized spacial score (nSPS) is 17.0. The Morgan fingerprint density at radius 2 is 2.04 bits per heavy atom. The zero-order chi connectivity index (χ0) is 19.3. The first-order chi connectivity index (χ1) is 12.3. The number of amides is 2. The summed E-state index contributed by atoms with van der Waals surface area (Å²) in [4.78, 5) is 37.4. The molecule has 0 aromatic heterocycles. The van der Waals surface area contributed by atoms with Gasteiger partial charge in [0.2, 0.25) is 5.91 Å². The van der Waals surface area contributed by atoms with Crippen molar-refractivity contribution in [1.82, 2.24) is 10.2 Å². The molecule has 2 amide bonds. The third-order valence-electron chi connectivity index (χ3n) is 3.99. The molecule has 26 heavy (non-hydrogen) atoms. The number of hydrogen-bond acceptors (Lipinski definition) is 5. The van der Waals surface area contributed by atoms with E-state index < -0.39 is 18.6 Å². The highest BCUT2D eigenvalue weighted by Crippen LogP contribution is 2.30. The van der Waals surface area contributed by atoms with Crippen molar-refractivity contribution in [3.63, 3.8) is 0 Å². The number of carbonyl (C=O) groups is 3. The molecule has 0 unspecified atom stereocenters. The molecule has 1 atom stereocenters.